The zero-order chi connectivity index (χ0) is 14.0. The van der Waals surface area contributed by atoms with Crippen LogP contribution in [0.2, 0.25) is 5.02 Å². The first-order valence-corrected chi connectivity index (χ1v) is 7.09. The maximum Gasteiger partial charge on any atom is 0.320 e. The predicted octanol–water partition coefficient (Wildman–Crippen LogP) is 3.28. The average molecular weight is 282 g/mol. The smallest absolute Gasteiger partial charge is 0.320 e. The molecule has 1 fully saturated rings. The fourth-order valence-corrected chi connectivity index (χ4v) is 2.79. The monoisotopic (exact) mass is 281 g/mol. The number of aliphatic carboxylic acids is 1. The molecule has 0 bridgehead atoms. The van der Waals surface area contributed by atoms with Gasteiger partial charge < -0.3 is 10.4 Å². The van der Waals surface area contributed by atoms with E-state index >= 15 is 0 Å². The molecule has 1 aliphatic rings. The van der Waals surface area contributed by atoms with Gasteiger partial charge in [0.1, 0.15) is 6.04 Å². The molecule has 1 aromatic rings. The van der Waals surface area contributed by atoms with E-state index in [9.17, 15) is 4.79 Å². The van der Waals surface area contributed by atoms with Crippen molar-refractivity contribution in [2.45, 2.75) is 44.7 Å². The zero-order valence-corrected chi connectivity index (χ0v) is 12.0. The number of nitrogens with one attached hydrogen (secondary N) is 1. The van der Waals surface area contributed by atoms with E-state index < -0.39 is 12.0 Å². The fraction of sp³-hybridized carbons (Fsp3) is 0.533. The van der Waals surface area contributed by atoms with E-state index in [0.717, 1.165) is 17.9 Å². The molecule has 1 atom stereocenters. The SMILES string of the molecule is CC(C)C(NC1CC(c2cccc(Cl)c2)C1)C(=O)O. The number of halogens is 1. The van der Waals surface area contributed by atoms with Gasteiger partial charge in [0.05, 0.1) is 0 Å². The molecule has 0 aromatic heterocycles. The molecule has 4 heteroatoms. The number of carbonyl (C=O) groups is 1. The molecule has 0 aliphatic heterocycles. The van der Waals surface area contributed by atoms with Crippen molar-refractivity contribution in [3.63, 3.8) is 0 Å². The van der Waals surface area contributed by atoms with Crippen LogP contribution in [0.5, 0.6) is 0 Å². The van der Waals surface area contributed by atoms with Crippen LogP contribution in [0.25, 0.3) is 0 Å². The lowest BCUT2D eigenvalue weighted by atomic mass is 9.75. The van der Waals surface area contributed by atoms with Crippen molar-refractivity contribution >= 4 is 17.6 Å². The summed E-state index contributed by atoms with van der Waals surface area (Å²) in [7, 11) is 0. The highest BCUT2D eigenvalue weighted by atomic mass is 35.5. The first-order valence-electron chi connectivity index (χ1n) is 6.71. The standard InChI is InChI=1S/C15H20ClNO2/c1-9(2)14(15(18)19)17-13-7-11(8-13)10-4-3-5-12(16)6-10/h3-6,9,11,13-14,17H,7-8H2,1-2H3,(H,18,19). The van der Waals surface area contributed by atoms with E-state index in [1.165, 1.54) is 5.56 Å². The van der Waals surface area contributed by atoms with Gasteiger partial charge in [-0.1, -0.05) is 37.6 Å². The topological polar surface area (TPSA) is 49.3 Å². The Morgan fingerprint density at radius 3 is 2.63 bits per heavy atom. The van der Waals surface area contributed by atoms with Crippen LogP contribution in [-0.2, 0) is 4.79 Å². The minimum absolute atomic E-state index is 0.0997. The Hall–Kier alpha value is -1.06. The molecule has 1 aliphatic carbocycles. The van der Waals surface area contributed by atoms with E-state index in [4.69, 9.17) is 16.7 Å². The van der Waals surface area contributed by atoms with Crippen molar-refractivity contribution in [1.29, 1.82) is 0 Å². The van der Waals surface area contributed by atoms with E-state index in [1.807, 2.05) is 32.0 Å². The van der Waals surface area contributed by atoms with Crippen molar-refractivity contribution in [2.24, 2.45) is 5.92 Å². The van der Waals surface area contributed by atoms with Gasteiger partial charge in [-0.25, -0.2) is 0 Å². The Morgan fingerprint density at radius 2 is 2.11 bits per heavy atom. The van der Waals surface area contributed by atoms with Gasteiger partial charge in [-0.2, -0.15) is 0 Å². The molecule has 19 heavy (non-hydrogen) atoms. The Labute approximate surface area is 119 Å². The quantitative estimate of drug-likeness (QED) is 0.871. The number of hydrogen-bond donors (Lipinski definition) is 2. The third kappa shape index (κ3) is 3.48. The second-order valence-corrected chi connectivity index (χ2v) is 6.08. The molecule has 2 rings (SSSR count). The molecular weight excluding hydrogens is 262 g/mol. The largest absolute Gasteiger partial charge is 0.480 e. The van der Waals surface area contributed by atoms with Crippen molar-refractivity contribution in [3.05, 3.63) is 34.9 Å². The molecule has 0 spiro atoms. The molecule has 0 radical (unpaired) electrons. The van der Waals surface area contributed by atoms with Gasteiger partial charge >= 0.3 is 5.97 Å². The number of rotatable bonds is 5. The molecule has 3 nitrogen and oxygen atoms in total. The normalized spacial score (nSPS) is 24.0. The lowest BCUT2D eigenvalue weighted by molar-refractivity contribution is -0.141. The lowest BCUT2D eigenvalue weighted by Gasteiger charge is -2.38. The van der Waals surface area contributed by atoms with Gasteiger partial charge in [-0.15, -0.1) is 0 Å². The zero-order valence-electron chi connectivity index (χ0n) is 11.3. The summed E-state index contributed by atoms with van der Waals surface area (Å²) >= 11 is 5.98. The second kappa shape index (κ2) is 5.93. The van der Waals surface area contributed by atoms with Crippen molar-refractivity contribution in [1.82, 2.24) is 5.32 Å². The first kappa shape index (κ1) is 14.4. The molecule has 1 unspecified atom stereocenters. The molecule has 104 valence electrons. The lowest BCUT2D eigenvalue weighted by Crippen LogP contribution is -2.50. The van der Waals surface area contributed by atoms with Crippen molar-refractivity contribution in [3.8, 4) is 0 Å². The van der Waals surface area contributed by atoms with E-state index in [2.05, 4.69) is 11.4 Å². The second-order valence-electron chi connectivity index (χ2n) is 5.65. The van der Waals surface area contributed by atoms with Crippen LogP contribution in [0.4, 0.5) is 0 Å². The summed E-state index contributed by atoms with van der Waals surface area (Å²) in [6.07, 6.45) is 1.97. The molecule has 0 heterocycles. The molecular formula is C15H20ClNO2. The van der Waals surface area contributed by atoms with Gasteiger partial charge in [0.25, 0.3) is 0 Å². The number of carboxylic acid groups (broad SMARTS) is 1. The molecule has 0 saturated heterocycles. The average Bonchev–Trinajstić information content (AvgIpc) is 2.26. The summed E-state index contributed by atoms with van der Waals surface area (Å²) in [4.78, 5) is 11.1. The Balaban J connectivity index is 1.88. The summed E-state index contributed by atoms with van der Waals surface area (Å²) in [6.45, 7) is 3.86. The van der Waals surface area contributed by atoms with Crippen LogP contribution in [0, 0.1) is 5.92 Å². The number of benzene rings is 1. The van der Waals surface area contributed by atoms with Gasteiger partial charge in [0.2, 0.25) is 0 Å². The van der Waals surface area contributed by atoms with E-state index in [-0.39, 0.29) is 5.92 Å². The van der Waals surface area contributed by atoms with Crippen LogP contribution in [0.3, 0.4) is 0 Å². The minimum Gasteiger partial charge on any atom is -0.480 e. The number of hydrogen-bond acceptors (Lipinski definition) is 2. The molecule has 0 amide bonds. The van der Waals surface area contributed by atoms with Crippen LogP contribution in [0.1, 0.15) is 38.2 Å². The number of carboxylic acids is 1. The Morgan fingerprint density at radius 1 is 1.42 bits per heavy atom. The summed E-state index contributed by atoms with van der Waals surface area (Å²) in [5.41, 5.74) is 1.25. The third-order valence-corrected chi connectivity index (χ3v) is 4.04. The fourth-order valence-electron chi connectivity index (χ4n) is 2.59. The molecule has 1 saturated carbocycles. The summed E-state index contributed by atoms with van der Waals surface area (Å²) in [5, 5.41) is 13.1. The summed E-state index contributed by atoms with van der Waals surface area (Å²) < 4.78 is 0. The molecule has 2 N–H and O–H groups in total. The van der Waals surface area contributed by atoms with E-state index in [0.29, 0.717) is 12.0 Å². The highest BCUT2D eigenvalue weighted by Gasteiger charge is 2.34. The highest BCUT2D eigenvalue weighted by Crippen LogP contribution is 2.38. The maximum absolute atomic E-state index is 11.1. The van der Waals surface area contributed by atoms with Gasteiger partial charge in [0.15, 0.2) is 0 Å². The summed E-state index contributed by atoms with van der Waals surface area (Å²) in [6, 6.07) is 7.77. The third-order valence-electron chi connectivity index (χ3n) is 3.81. The Bertz CT molecular complexity index is 455. The first-order chi connectivity index (χ1) is 8.97. The van der Waals surface area contributed by atoms with Crippen LogP contribution >= 0.6 is 11.6 Å². The van der Waals surface area contributed by atoms with Gasteiger partial charge in [-0.3, -0.25) is 4.79 Å². The summed E-state index contributed by atoms with van der Waals surface area (Å²) in [5.74, 6) is -0.165. The molecule has 1 aromatic carbocycles. The van der Waals surface area contributed by atoms with Gasteiger partial charge in [-0.05, 0) is 42.4 Å². The minimum atomic E-state index is -0.763. The van der Waals surface area contributed by atoms with Crippen LogP contribution in [0.15, 0.2) is 24.3 Å². The van der Waals surface area contributed by atoms with Crippen LogP contribution < -0.4 is 5.32 Å². The predicted molar refractivity (Wildman–Crippen MR) is 76.6 cm³/mol. The maximum atomic E-state index is 11.1. The Kier molecular flexibility index (Phi) is 4.48. The van der Waals surface area contributed by atoms with Crippen LogP contribution in [-0.4, -0.2) is 23.2 Å². The van der Waals surface area contributed by atoms with Crippen molar-refractivity contribution in [2.75, 3.05) is 0 Å². The van der Waals surface area contributed by atoms with Crippen molar-refractivity contribution < 1.29 is 9.90 Å². The van der Waals surface area contributed by atoms with E-state index in [1.54, 1.807) is 0 Å². The highest BCUT2D eigenvalue weighted by molar-refractivity contribution is 6.30. The van der Waals surface area contributed by atoms with Gasteiger partial charge in [0, 0.05) is 11.1 Å².